The molecule has 1 N–H and O–H groups in total. The third kappa shape index (κ3) is 1.51. The van der Waals surface area contributed by atoms with E-state index in [1.165, 1.54) is 32.1 Å². The third-order valence-corrected chi connectivity index (χ3v) is 2.29. The first-order chi connectivity index (χ1) is 5.97. The molecule has 0 aromatic heterocycles. The van der Waals surface area contributed by atoms with Gasteiger partial charge in [0.2, 0.25) is 0 Å². The van der Waals surface area contributed by atoms with Gasteiger partial charge in [0.25, 0.3) is 0 Å². The summed E-state index contributed by atoms with van der Waals surface area (Å²) in [6.45, 7) is 0. The van der Waals surface area contributed by atoms with Gasteiger partial charge in [0.15, 0.2) is 0 Å². The second kappa shape index (κ2) is 3.46. The van der Waals surface area contributed by atoms with Gasteiger partial charge in [-0.15, -0.1) is 0 Å². The Morgan fingerprint density at radius 2 is 1.92 bits per heavy atom. The van der Waals surface area contributed by atoms with Crippen LogP contribution in [-0.4, -0.2) is 11.2 Å². The average Bonchev–Trinajstić information content (AvgIpc) is 2.21. The fraction of sp³-hybridized carbons (Fsp3) is 1.00. The molecule has 0 aromatic carbocycles. The largest absolute Gasteiger partial charge is 0.180 e. The number of nitrogens with zero attached hydrogens (tertiary/aromatic N) is 5. The fourth-order valence-corrected chi connectivity index (χ4v) is 1.65. The Kier molecular flexibility index (Phi) is 2.15. The van der Waals surface area contributed by atoms with Gasteiger partial charge >= 0.3 is 0 Å². The Labute approximate surface area is 70.6 Å². The van der Waals surface area contributed by atoms with Crippen molar-refractivity contribution in [3.8, 4) is 0 Å². The van der Waals surface area contributed by atoms with E-state index in [1.807, 2.05) is 0 Å². The Hall–Kier alpha value is -1.20. The van der Waals surface area contributed by atoms with Crippen molar-refractivity contribution in [3.05, 3.63) is 0 Å². The van der Waals surface area contributed by atoms with Crippen molar-refractivity contribution in [3.63, 3.8) is 0 Å². The normalized spacial score (nSPS) is 24.2. The molecule has 0 unspecified atom stereocenters. The molecule has 0 amide bonds. The molecule has 1 aliphatic heterocycles. The SMILES string of the molecule is C1CCC(N2N=NN=NN2)CC1. The van der Waals surface area contributed by atoms with Gasteiger partial charge in [0.05, 0.1) is 6.04 Å². The Morgan fingerprint density at radius 1 is 1.08 bits per heavy atom. The molecule has 2 rings (SSSR count). The lowest BCUT2D eigenvalue weighted by atomic mass is 9.96. The molecule has 2 aliphatic rings. The molecule has 0 aromatic rings. The summed E-state index contributed by atoms with van der Waals surface area (Å²) in [4.78, 5) is 0. The summed E-state index contributed by atoms with van der Waals surface area (Å²) in [7, 11) is 0. The van der Waals surface area contributed by atoms with Crippen LogP contribution in [0.15, 0.2) is 20.9 Å². The van der Waals surface area contributed by atoms with E-state index in [4.69, 9.17) is 0 Å². The summed E-state index contributed by atoms with van der Waals surface area (Å²) >= 11 is 0. The van der Waals surface area contributed by atoms with E-state index in [0.717, 1.165) is 0 Å². The number of rotatable bonds is 1. The van der Waals surface area contributed by atoms with E-state index in [2.05, 4.69) is 26.4 Å². The zero-order chi connectivity index (χ0) is 8.23. The van der Waals surface area contributed by atoms with Crippen LogP contribution in [0, 0.1) is 0 Å². The second-order valence-electron chi connectivity index (χ2n) is 3.10. The molecule has 1 saturated carbocycles. The van der Waals surface area contributed by atoms with Crippen LogP contribution in [0.3, 0.4) is 0 Å². The van der Waals surface area contributed by atoms with Crippen molar-refractivity contribution in [2.24, 2.45) is 20.9 Å². The summed E-state index contributed by atoms with van der Waals surface area (Å²) < 4.78 is 0. The van der Waals surface area contributed by atoms with Gasteiger partial charge in [0.1, 0.15) is 0 Å². The van der Waals surface area contributed by atoms with Gasteiger partial charge in [-0.3, -0.25) is 0 Å². The topological polar surface area (TPSA) is 64.7 Å². The molecule has 66 valence electrons. The molecular weight excluding hydrogens is 156 g/mol. The zero-order valence-electron chi connectivity index (χ0n) is 6.85. The molecule has 0 bridgehead atoms. The van der Waals surface area contributed by atoms with Crippen LogP contribution < -0.4 is 5.53 Å². The molecule has 6 nitrogen and oxygen atoms in total. The molecule has 1 fully saturated rings. The van der Waals surface area contributed by atoms with Crippen LogP contribution in [0.1, 0.15) is 32.1 Å². The van der Waals surface area contributed by atoms with Gasteiger partial charge in [-0.2, -0.15) is 10.7 Å². The van der Waals surface area contributed by atoms with Crippen LogP contribution in [0.2, 0.25) is 0 Å². The molecule has 0 saturated heterocycles. The predicted octanol–water partition coefficient (Wildman–Crippen LogP) is 1.79. The molecule has 1 heterocycles. The smallest absolute Gasteiger partial charge is 0.0728 e. The molecule has 6 heteroatoms. The summed E-state index contributed by atoms with van der Waals surface area (Å²) in [5.74, 6) is 0. The van der Waals surface area contributed by atoms with Gasteiger partial charge in [-0.05, 0) is 33.7 Å². The van der Waals surface area contributed by atoms with Crippen molar-refractivity contribution in [1.29, 1.82) is 0 Å². The molecule has 12 heavy (non-hydrogen) atoms. The first-order valence-electron chi connectivity index (χ1n) is 4.32. The minimum Gasteiger partial charge on any atom is -0.180 e. The standard InChI is InChI=1S/C6H12N6/c1-2-4-6(5-3-1)12-10-8-7-9-11-12/h6H,1-5H2,(H,7,10,11). The van der Waals surface area contributed by atoms with E-state index in [-0.39, 0.29) is 0 Å². The summed E-state index contributed by atoms with van der Waals surface area (Å²) in [5, 5.41) is 15.9. The second-order valence-corrected chi connectivity index (χ2v) is 3.10. The minimum absolute atomic E-state index is 0.446. The molecule has 0 atom stereocenters. The highest BCUT2D eigenvalue weighted by molar-refractivity contribution is 4.70. The first kappa shape index (κ1) is 7.45. The average molecular weight is 168 g/mol. The highest BCUT2D eigenvalue weighted by Gasteiger charge is 2.21. The van der Waals surface area contributed by atoms with E-state index in [9.17, 15) is 0 Å². The van der Waals surface area contributed by atoms with Gasteiger partial charge < -0.3 is 0 Å². The lowest BCUT2D eigenvalue weighted by Crippen LogP contribution is -2.40. The van der Waals surface area contributed by atoms with Crippen molar-refractivity contribution in [2.75, 3.05) is 0 Å². The van der Waals surface area contributed by atoms with Crippen LogP contribution in [-0.2, 0) is 0 Å². The number of hydrogen-bond donors (Lipinski definition) is 1. The lowest BCUT2D eigenvalue weighted by Gasteiger charge is -2.29. The van der Waals surface area contributed by atoms with Crippen LogP contribution in [0.25, 0.3) is 0 Å². The quantitative estimate of drug-likeness (QED) is 0.648. The third-order valence-electron chi connectivity index (χ3n) is 2.29. The fourth-order valence-electron chi connectivity index (χ4n) is 1.65. The maximum atomic E-state index is 3.84. The molecule has 1 aliphatic carbocycles. The Morgan fingerprint density at radius 3 is 2.58 bits per heavy atom. The number of nitrogens with one attached hydrogen (secondary N) is 1. The summed E-state index contributed by atoms with van der Waals surface area (Å²) in [6.07, 6.45) is 6.22. The maximum absolute atomic E-state index is 3.84. The van der Waals surface area contributed by atoms with E-state index in [1.54, 1.807) is 5.12 Å². The van der Waals surface area contributed by atoms with Crippen molar-refractivity contribution in [2.45, 2.75) is 38.1 Å². The lowest BCUT2D eigenvalue weighted by molar-refractivity contribution is 0.0723. The number of hydrazine groups is 1. The highest BCUT2D eigenvalue weighted by atomic mass is 15.9. The van der Waals surface area contributed by atoms with Crippen molar-refractivity contribution in [1.82, 2.24) is 10.7 Å². The van der Waals surface area contributed by atoms with Crippen molar-refractivity contribution < 1.29 is 0 Å². The Bertz CT molecular complexity index is 194. The zero-order valence-corrected chi connectivity index (χ0v) is 6.85. The van der Waals surface area contributed by atoms with E-state index < -0.39 is 0 Å². The molecule has 0 spiro atoms. The predicted molar refractivity (Wildman–Crippen MR) is 41.6 cm³/mol. The molecule has 0 radical (unpaired) electrons. The van der Waals surface area contributed by atoms with Gasteiger partial charge in [0, 0.05) is 0 Å². The van der Waals surface area contributed by atoms with Crippen LogP contribution >= 0.6 is 0 Å². The molecular formula is C6H12N6. The van der Waals surface area contributed by atoms with Gasteiger partial charge in [-0.1, -0.05) is 19.3 Å². The Balaban J connectivity index is 1.90. The van der Waals surface area contributed by atoms with Crippen molar-refractivity contribution >= 4 is 0 Å². The van der Waals surface area contributed by atoms with Crippen LogP contribution in [0.4, 0.5) is 0 Å². The van der Waals surface area contributed by atoms with Crippen LogP contribution in [0.5, 0.6) is 0 Å². The maximum Gasteiger partial charge on any atom is 0.0728 e. The van der Waals surface area contributed by atoms with Gasteiger partial charge in [-0.25, -0.2) is 0 Å². The van der Waals surface area contributed by atoms with E-state index >= 15 is 0 Å². The minimum atomic E-state index is 0.446. The number of hydrogen-bond acceptors (Lipinski definition) is 6. The summed E-state index contributed by atoms with van der Waals surface area (Å²) in [5.41, 5.74) is 2.72. The van der Waals surface area contributed by atoms with E-state index in [0.29, 0.717) is 6.04 Å². The summed E-state index contributed by atoms with van der Waals surface area (Å²) in [6, 6.07) is 0.446. The first-order valence-corrected chi connectivity index (χ1v) is 4.32. The monoisotopic (exact) mass is 168 g/mol. The highest BCUT2D eigenvalue weighted by Crippen LogP contribution is 2.22.